The highest BCUT2D eigenvalue weighted by atomic mass is 16.5. The fourth-order valence-electron chi connectivity index (χ4n) is 2.27. The van der Waals surface area contributed by atoms with Crippen LogP contribution in [0.4, 0.5) is 0 Å². The van der Waals surface area contributed by atoms with Gasteiger partial charge in [-0.1, -0.05) is 50.5 Å². The van der Waals surface area contributed by atoms with Gasteiger partial charge in [-0.3, -0.25) is 0 Å². The highest BCUT2D eigenvalue weighted by molar-refractivity contribution is 5.19. The third-order valence-corrected chi connectivity index (χ3v) is 3.26. The number of hydrogen-bond acceptors (Lipinski definition) is 1. The summed E-state index contributed by atoms with van der Waals surface area (Å²) < 4.78 is 5.33. The molecule has 1 aliphatic rings. The van der Waals surface area contributed by atoms with Crippen LogP contribution in [-0.2, 0) is 4.74 Å². The molecule has 1 unspecified atom stereocenters. The predicted octanol–water partition coefficient (Wildman–Crippen LogP) is 5.01. The van der Waals surface area contributed by atoms with Crippen molar-refractivity contribution in [3.63, 3.8) is 0 Å². The molecule has 0 saturated carbocycles. The number of rotatable bonds is 6. The maximum Gasteiger partial charge on any atom is 0.0953 e. The Morgan fingerprint density at radius 1 is 1.41 bits per heavy atom. The van der Waals surface area contributed by atoms with Crippen LogP contribution in [0.3, 0.4) is 0 Å². The Labute approximate surface area is 106 Å². The minimum atomic E-state index is 0.592. The fourth-order valence-corrected chi connectivity index (χ4v) is 2.27. The zero-order valence-corrected chi connectivity index (χ0v) is 11.5. The van der Waals surface area contributed by atoms with Crippen molar-refractivity contribution in [2.75, 3.05) is 7.11 Å². The molecule has 1 nitrogen and oxygen atoms in total. The van der Waals surface area contributed by atoms with Gasteiger partial charge in [0.25, 0.3) is 0 Å². The molecule has 0 N–H and O–H groups in total. The molecule has 0 aliphatic heterocycles. The van der Waals surface area contributed by atoms with Crippen molar-refractivity contribution in [3.8, 4) is 0 Å². The first-order valence-corrected chi connectivity index (χ1v) is 6.90. The number of hydrogen-bond donors (Lipinski definition) is 0. The largest absolute Gasteiger partial charge is 0.501 e. The Morgan fingerprint density at radius 3 is 2.88 bits per heavy atom. The van der Waals surface area contributed by atoms with Crippen LogP contribution in [0.5, 0.6) is 0 Å². The van der Waals surface area contributed by atoms with Crippen LogP contribution >= 0.6 is 0 Å². The summed E-state index contributed by atoms with van der Waals surface area (Å²) in [5.41, 5.74) is 1.61. The normalized spacial score (nSPS) is 21.0. The van der Waals surface area contributed by atoms with E-state index in [1.54, 1.807) is 12.7 Å². The third kappa shape index (κ3) is 4.80. The van der Waals surface area contributed by atoms with Gasteiger partial charge in [0.15, 0.2) is 0 Å². The lowest BCUT2D eigenvalue weighted by atomic mass is 9.91. The Bertz CT molecular complexity index is 297. The molecule has 1 rings (SSSR count). The third-order valence-electron chi connectivity index (χ3n) is 3.26. The molecule has 0 radical (unpaired) electrons. The van der Waals surface area contributed by atoms with Crippen molar-refractivity contribution in [1.29, 1.82) is 0 Å². The van der Waals surface area contributed by atoms with E-state index >= 15 is 0 Å². The van der Waals surface area contributed by atoms with Crippen molar-refractivity contribution in [2.24, 2.45) is 5.92 Å². The Kier molecular flexibility index (Phi) is 6.76. The van der Waals surface area contributed by atoms with Crippen molar-refractivity contribution >= 4 is 0 Å². The van der Waals surface area contributed by atoms with Crippen LogP contribution in [0.25, 0.3) is 0 Å². The summed E-state index contributed by atoms with van der Waals surface area (Å²) in [6.07, 6.45) is 16.3. The molecule has 0 saturated heterocycles. The van der Waals surface area contributed by atoms with Gasteiger partial charge in [-0.2, -0.15) is 0 Å². The minimum Gasteiger partial charge on any atom is -0.501 e. The van der Waals surface area contributed by atoms with E-state index in [0.717, 1.165) is 18.6 Å². The molecule has 0 aromatic heterocycles. The maximum atomic E-state index is 5.33. The number of methoxy groups -OCH3 is 1. The van der Waals surface area contributed by atoms with Gasteiger partial charge in [0.05, 0.1) is 12.9 Å². The van der Waals surface area contributed by atoms with Crippen LogP contribution in [0.1, 0.15) is 52.4 Å². The quantitative estimate of drug-likeness (QED) is 0.587. The van der Waals surface area contributed by atoms with Crippen LogP contribution < -0.4 is 0 Å². The summed E-state index contributed by atoms with van der Waals surface area (Å²) in [6.45, 7) is 4.50. The molecular formula is C16H26O. The van der Waals surface area contributed by atoms with E-state index < -0.39 is 0 Å². The molecule has 96 valence electrons. The fraction of sp³-hybridized carbons (Fsp3) is 0.625. The van der Waals surface area contributed by atoms with E-state index in [1.807, 2.05) is 0 Å². The van der Waals surface area contributed by atoms with Crippen molar-refractivity contribution in [2.45, 2.75) is 52.4 Å². The van der Waals surface area contributed by atoms with Gasteiger partial charge >= 0.3 is 0 Å². The van der Waals surface area contributed by atoms with E-state index in [9.17, 15) is 0 Å². The van der Waals surface area contributed by atoms with Gasteiger partial charge in [-0.05, 0) is 25.3 Å². The first-order valence-electron chi connectivity index (χ1n) is 6.90. The molecule has 0 fully saturated rings. The van der Waals surface area contributed by atoms with Crippen LogP contribution in [-0.4, -0.2) is 7.11 Å². The predicted molar refractivity (Wildman–Crippen MR) is 74.9 cm³/mol. The standard InChI is InChI=1S/C16H26O/c1-4-6-9-14(8-5-2)15-10-7-11-16(17-3)13-12-15/h7,9-10,13,15H,4-6,8,11-12H2,1-3H3/b14-9-. The topological polar surface area (TPSA) is 9.23 Å². The van der Waals surface area contributed by atoms with Crippen LogP contribution in [0.15, 0.2) is 35.6 Å². The summed E-state index contributed by atoms with van der Waals surface area (Å²) in [5.74, 6) is 1.70. The molecular weight excluding hydrogens is 208 g/mol. The second-order valence-electron chi connectivity index (χ2n) is 4.67. The summed E-state index contributed by atoms with van der Waals surface area (Å²) in [7, 11) is 1.76. The van der Waals surface area contributed by atoms with E-state index in [2.05, 4.69) is 38.2 Å². The van der Waals surface area contributed by atoms with Crippen LogP contribution in [0, 0.1) is 5.92 Å². The first-order chi connectivity index (χ1) is 8.31. The van der Waals surface area contributed by atoms with Gasteiger partial charge in [0, 0.05) is 12.3 Å². The van der Waals surface area contributed by atoms with Crippen molar-refractivity contribution < 1.29 is 4.74 Å². The molecule has 0 bridgehead atoms. The van der Waals surface area contributed by atoms with Gasteiger partial charge < -0.3 is 4.74 Å². The zero-order chi connectivity index (χ0) is 12.5. The molecule has 0 amide bonds. The first kappa shape index (κ1) is 14.1. The molecule has 1 heteroatoms. The number of unbranched alkanes of at least 4 members (excludes halogenated alkanes) is 1. The number of allylic oxidation sites excluding steroid dienone is 5. The molecule has 0 heterocycles. The van der Waals surface area contributed by atoms with Crippen molar-refractivity contribution in [3.05, 3.63) is 35.6 Å². The zero-order valence-electron chi connectivity index (χ0n) is 11.5. The second-order valence-corrected chi connectivity index (χ2v) is 4.67. The second kappa shape index (κ2) is 8.16. The Balaban J connectivity index is 2.71. The van der Waals surface area contributed by atoms with E-state index in [1.165, 1.54) is 25.7 Å². The molecule has 0 aromatic rings. The lowest BCUT2D eigenvalue weighted by molar-refractivity contribution is 0.283. The minimum absolute atomic E-state index is 0.592. The summed E-state index contributed by atoms with van der Waals surface area (Å²) >= 11 is 0. The van der Waals surface area contributed by atoms with Gasteiger partial charge in [0.2, 0.25) is 0 Å². The lowest BCUT2D eigenvalue weighted by Gasteiger charge is -2.14. The molecule has 17 heavy (non-hydrogen) atoms. The van der Waals surface area contributed by atoms with Gasteiger partial charge in [0.1, 0.15) is 0 Å². The van der Waals surface area contributed by atoms with E-state index in [4.69, 9.17) is 4.74 Å². The Morgan fingerprint density at radius 2 is 2.24 bits per heavy atom. The summed E-state index contributed by atoms with van der Waals surface area (Å²) in [6, 6.07) is 0. The smallest absolute Gasteiger partial charge is 0.0953 e. The Hall–Kier alpha value is -0.980. The lowest BCUT2D eigenvalue weighted by Crippen LogP contribution is -2.00. The van der Waals surface area contributed by atoms with Crippen molar-refractivity contribution in [1.82, 2.24) is 0 Å². The highest BCUT2D eigenvalue weighted by Gasteiger charge is 2.12. The van der Waals surface area contributed by atoms with Crippen LogP contribution in [0.2, 0.25) is 0 Å². The highest BCUT2D eigenvalue weighted by Crippen LogP contribution is 2.26. The monoisotopic (exact) mass is 234 g/mol. The van der Waals surface area contributed by atoms with E-state index in [0.29, 0.717) is 5.92 Å². The molecule has 1 aliphatic carbocycles. The van der Waals surface area contributed by atoms with Gasteiger partial charge in [-0.15, -0.1) is 0 Å². The number of ether oxygens (including phenoxy) is 1. The SMILES string of the molecule is CCC/C=C(/CCC)C1C=CCC(OC)=CC1. The molecule has 1 atom stereocenters. The molecule has 0 aromatic carbocycles. The summed E-state index contributed by atoms with van der Waals surface area (Å²) in [4.78, 5) is 0. The maximum absolute atomic E-state index is 5.33. The molecule has 0 spiro atoms. The van der Waals surface area contributed by atoms with Gasteiger partial charge in [-0.25, -0.2) is 0 Å². The summed E-state index contributed by atoms with van der Waals surface area (Å²) in [5, 5.41) is 0. The van der Waals surface area contributed by atoms with E-state index in [-0.39, 0.29) is 0 Å². The average Bonchev–Trinajstić information content (AvgIpc) is 2.59. The average molecular weight is 234 g/mol.